The Morgan fingerprint density at radius 1 is 1.32 bits per heavy atom. The van der Waals surface area contributed by atoms with Crippen molar-refractivity contribution in [2.45, 2.75) is 54.1 Å². The first kappa shape index (κ1) is 18.3. The van der Waals surface area contributed by atoms with Crippen LogP contribution in [0, 0.1) is 11.3 Å². The summed E-state index contributed by atoms with van der Waals surface area (Å²) in [6, 6.07) is 1.80. The maximum Gasteiger partial charge on any atom is 0.315 e. The summed E-state index contributed by atoms with van der Waals surface area (Å²) in [5.41, 5.74) is -1.24. The Labute approximate surface area is 133 Å². The molecule has 0 saturated carbocycles. The third-order valence-electron chi connectivity index (χ3n) is 2.76. The minimum absolute atomic E-state index is 0.270. The maximum atomic E-state index is 12.2. The highest BCUT2D eigenvalue weighted by molar-refractivity contribution is 5.79. The molecule has 0 unspecified atom stereocenters. The van der Waals surface area contributed by atoms with Crippen LogP contribution in [0.1, 0.15) is 48.5 Å². The van der Waals surface area contributed by atoms with E-state index in [0.717, 1.165) is 0 Å². The zero-order valence-corrected chi connectivity index (χ0v) is 14.7. The Hall–Kier alpha value is -1.78. The van der Waals surface area contributed by atoms with E-state index in [-0.39, 0.29) is 5.97 Å². The van der Waals surface area contributed by atoms with Gasteiger partial charge in [-0.05, 0) is 46.6 Å². The molecule has 1 aromatic heterocycles. The van der Waals surface area contributed by atoms with Crippen molar-refractivity contribution in [3.63, 3.8) is 0 Å². The second-order valence-corrected chi connectivity index (χ2v) is 7.36. The van der Waals surface area contributed by atoms with Gasteiger partial charge < -0.3 is 9.47 Å². The number of carbonyl (C=O) groups is 1. The molecule has 0 aliphatic rings. The second kappa shape index (κ2) is 6.99. The fourth-order valence-electron chi connectivity index (χ4n) is 1.52. The third kappa shape index (κ3) is 5.92. The SMILES string of the molecule is CC(C)COc1ccnn1/C=C/C(C)(C)C(=O)OC(C)(C)C. The zero-order valence-electron chi connectivity index (χ0n) is 14.7. The molecule has 0 atom stereocenters. The van der Waals surface area contributed by atoms with Gasteiger partial charge in [-0.3, -0.25) is 4.79 Å². The average molecular weight is 308 g/mol. The van der Waals surface area contributed by atoms with E-state index in [1.807, 2.05) is 34.6 Å². The van der Waals surface area contributed by atoms with Gasteiger partial charge in [0.05, 0.1) is 18.2 Å². The summed E-state index contributed by atoms with van der Waals surface area (Å²) in [5.74, 6) is 0.823. The van der Waals surface area contributed by atoms with Gasteiger partial charge in [-0.25, -0.2) is 4.68 Å². The quantitative estimate of drug-likeness (QED) is 0.751. The highest BCUT2D eigenvalue weighted by Gasteiger charge is 2.30. The van der Waals surface area contributed by atoms with Gasteiger partial charge in [0.25, 0.3) is 0 Å². The van der Waals surface area contributed by atoms with Crippen LogP contribution in [-0.2, 0) is 9.53 Å². The van der Waals surface area contributed by atoms with Crippen molar-refractivity contribution < 1.29 is 14.3 Å². The van der Waals surface area contributed by atoms with Crippen LogP contribution in [0.15, 0.2) is 18.3 Å². The minimum atomic E-state index is -0.742. The first-order valence-corrected chi connectivity index (χ1v) is 7.60. The smallest absolute Gasteiger partial charge is 0.315 e. The van der Waals surface area contributed by atoms with Gasteiger partial charge in [-0.2, -0.15) is 5.10 Å². The van der Waals surface area contributed by atoms with E-state index < -0.39 is 11.0 Å². The largest absolute Gasteiger partial charge is 0.477 e. The standard InChI is InChI=1S/C17H28N2O3/c1-13(2)12-21-14-8-10-18-19(14)11-9-17(6,7)15(20)22-16(3,4)5/h8-11,13H,12H2,1-7H3/b11-9+. The van der Waals surface area contributed by atoms with Crippen LogP contribution in [0.25, 0.3) is 6.20 Å². The lowest BCUT2D eigenvalue weighted by atomic mass is 9.93. The zero-order chi connectivity index (χ0) is 17.0. The molecule has 1 aromatic rings. The monoisotopic (exact) mass is 308 g/mol. The van der Waals surface area contributed by atoms with Crippen molar-refractivity contribution in [3.8, 4) is 5.88 Å². The normalized spacial score (nSPS) is 12.9. The molecule has 0 aliphatic heterocycles. The molecule has 0 bridgehead atoms. The summed E-state index contributed by atoms with van der Waals surface area (Å²) in [5, 5.41) is 4.18. The third-order valence-corrected chi connectivity index (χ3v) is 2.76. The van der Waals surface area contributed by atoms with Gasteiger partial charge in [0.1, 0.15) is 5.60 Å². The Kier molecular flexibility index (Phi) is 5.80. The number of ether oxygens (including phenoxy) is 2. The number of esters is 1. The van der Waals surface area contributed by atoms with Crippen molar-refractivity contribution in [1.29, 1.82) is 0 Å². The number of hydrogen-bond donors (Lipinski definition) is 0. The van der Waals surface area contributed by atoms with Gasteiger partial charge in [-0.1, -0.05) is 13.8 Å². The molecule has 124 valence electrons. The highest BCUT2D eigenvalue weighted by Crippen LogP contribution is 2.24. The summed E-state index contributed by atoms with van der Waals surface area (Å²) in [4.78, 5) is 12.2. The summed E-state index contributed by atoms with van der Waals surface area (Å²) < 4.78 is 12.7. The number of nitrogens with zero attached hydrogens (tertiary/aromatic N) is 2. The second-order valence-electron chi connectivity index (χ2n) is 7.36. The number of aromatic nitrogens is 2. The Morgan fingerprint density at radius 2 is 1.95 bits per heavy atom. The predicted molar refractivity (Wildman–Crippen MR) is 87.5 cm³/mol. The van der Waals surface area contributed by atoms with Crippen molar-refractivity contribution in [2.24, 2.45) is 11.3 Å². The van der Waals surface area contributed by atoms with Gasteiger partial charge in [-0.15, -0.1) is 0 Å². The molecule has 0 radical (unpaired) electrons. The first-order valence-electron chi connectivity index (χ1n) is 7.60. The van der Waals surface area contributed by atoms with E-state index in [9.17, 15) is 4.79 Å². The molecule has 5 nitrogen and oxygen atoms in total. The number of hydrogen-bond acceptors (Lipinski definition) is 4. The molecule has 0 spiro atoms. The molecule has 1 rings (SSSR count). The van der Waals surface area contributed by atoms with Crippen molar-refractivity contribution >= 4 is 12.2 Å². The fourth-order valence-corrected chi connectivity index (χ4v) is 1.52. The molecule has 5 heteroatoms. The van der Waals surface area contributed by atoms with E-state index in [0.29, 0.717) is 18.4 Å². The fraction of sp³-hybridized carbons (Fsp3) is 0.647. The summed E-state index contributed by atoms with van der Waals surface area (Å²) >= 11 is 0. The molecular formula is C17H28N2O3. The van der Waals surface area contributed by atoms with E-state index in [1.165, 1.54) is 0 Å². The Balaban J connectivity index is 2.78. The molecule has 0 fully saturated rings. The van der Waals surface area contributed by atoms with Crippen LogP contribution in [0.2, 0.25) is 0 Å². The van der Waals surface area contributed by atoms with Gasteiger partial charge in [0.2, 0.25) is 5.88 Å². The van der Waals surface area contributed by atoms with Gasteiger partial charge >= 0.3 is 5.97 Å². The maximum absolute atomic E-state index is 12.2. The lowest BCUT2D eigenvalue weighted by molar-refractivity contribution is -0.162. The average Bonchev–Trinajstić information content (AvgIpc) is 2.79. The molecule has 1 heterocycles. The van der Waals surface area contributed by atoms with Crippen molar-refractivity contribution in [1.82, 2.24) is 9.78 Å². The van der Waals surface area contributed by atoms with Crippen LogP contribution in [0.4, 0.5) is 0 Å². The Morgan fingerprint density at radius 3 is 2.50 bits per heavy atom. The van der Waals surface area contributed by atoms with Crippen LogP contribution < -0.4 is 4.74 Å². The van der Waals surface area contributed by atoms with E-state index in [4.69, 9.17) is 9.47 Å². The number of carbonyl (C=O) groups excluding carboxylic acids is 1. The predicted octanol–water partition coefficient (Wildman–Crippen LogP) is 3.76. The van der Waals surface area contributed by atoms with E-state index >= 15 is 0 Å². The minimum Gasteiger partial charge on any atom is -0.477 e. The lowest BCUT2D eigenvalue weighted by Crippen LogP contribution is -2.32. The molecule has 0 saturated heterocycles. The summed E-state index contributed by atoms with van der Waals surface area (Å²) in [6.07, 6.45) is 5.18. The molecular weight excluding hydrogens is 280 g/mol. The first-order chi connectivity index (χ1) is 10.0. The van der Waals surface area contributed by atoms with Crippen LogP contribution in [0.3, 0.4) is 0 Å². The summed E-state index contributed by atoms with van der Waals surface area (Å²) in [7, 11) is 0. The lowest BCUT2D eigenvalue weighted by Gasteiger charge is -2.26. The molecule has 0 aromatic carbocycles. The number of rotatable bonds is 6. The van der Waals surface area contributed by atoms with Crippen molar-refractivity contribution in [2.75, 3.05) is 6.61 Å². The molecule has 22 heavy (non-hydrogen) atoms. The topological polar surface area (TPSA) is 53.4 Å². The summed E-state index contributed by atoms with van der Waals surface area (Å²) in [6.45, 7) is 14.0. The van der Waals surface area contributed by atoms with Crippen LogP contribution in [0.5, 0.6) is 5.88 Å². The molecule has 0 aliphatic carbocycles. The van der Waals surface area contributed by atoms with Crippen LogP contribution in [-0.4, -0.2) is 28.0 Å². The van der Waals surface area contributed by atoms with Gasteiger partial charge in [0.15, 0.2) is 0 Å². The molecule has 0 N–H and O–H groups in total. The van der Waals surface area contributed by atoms with Gasteiger partial charge in [0, 0.05) is 12.3 Å². The Bertz CT molecular complexity index is 522. The highest BCUT2D eigenvalue weighted by atomic mass is 16.6. The van der Waals surface area contributed by atoms with E-state index in [1.54, 1.807) is 29.2 Å². The molecule has 0 amide bonds. The van der Waals surface area contributed by atoms with Crippen LogP contribution >= 0.6 is 0 Å². The van der Waals surface area contributed by atoms with E-state index in [2.05, 4.69) is 18.9 Å². The van der Waals surface area contributed by atoms with Crippen molar-refractivity contribution in [3.05, 3.63) is 18.3 Å².